The Morgan fingerprint density at radius 2 is 1.44 bits per heavy atom. The number of aliphatic hydroxyl groups is 1. The quantitative estimate of drug-likeness (QED) is 0.468. The van der Waals surface area contributed by atoms with E-state index in [2.05, 4.69) is 41.5 Å². The van der Waals surface area contributed by atoms with E-state index in [1.165, 1.54) is 0 Å². The van der Waals surface area contributed by atoms with Crippen LogP contribution in [-0.4, -0.2) is 29.4 Å². The topological polar surface area (TPSA) is 66.8 Å². The number of rotatable bonds is 9. The summed E-state index contributed by atoms with van der Waals surface area (Å²) in [6, 6.07) is 4.04. The molecule has 0 heterocycles. The van der Waals surface area contributed by atoms with Crippen LogP contribution in [0.25, 0.3) is 0 Å². The zero-order valence-corrected chi connectivity index (χ0v) is 18.0. The van der Waals surface area contributed by atoms with Gasteiger partial charge in [-0.2, -0.15) is 0 Å². The summed E-state index contributed by atoms with van der Waals surface area (Å²) in [6.45, 7) is 13.2. The molecule has 0 atom stereocenters. The smallest absolute Gasteiger partial charge is 0.306 e. The van der Waals surface area contributed by atoms with Gasteiger partial charge in [-0.1, -0.05) is 60.1 Å². The van der Waals surface area contributed by atoms with Crippen LogP contribution in [0.4, 0.5) is 0 Å². The Kier molecular flexibility index (Phi) is 8.80. The summed E-state index contributed by atoms with van der Waals surface area (Å²) < 4.78 is 5.31. The minimum atomic E-state index is -0.181. The first-order valence-electron chi connectivity index (χ1n) is 10.1. The largest absolute Gasteiger partial charge is 0.507 e. The molecule has 0 saturated heterocycles. The van der Waals surface area contributed by atoms with Crippen molar-refractivity contribution in [1.82, 2.24) is 0 Å². The molecular weight excluding hydrogens is 340 g/mol. The molecule has 0 radical (unpaired) electrons. The van der Waals surface area contributed by atoms with Gasteiger partial charge in [0, 0.05) is 13.0 Å². The normalized spacial score (nSPS) is 12.3. The van der Waals surface area contributed by atoms with Crippen LogP contribution < -0.4 is 0 Å². The number of phenols is 1. The average molecular weight is 379 g/mol. The van der Waals surface area contributed by atoms with Gasteiger partial charge in [-0.05, 0) is 53.2 Å². The molecule has 0 aromatic heterocycles. The van der Waals surface area contributed by atoms with Crippen molar-refractivity contribution in [1.29, 1.82) is 0 Å². The van der Waals surface area contributed by atoms with Crippen molar-refractivity contribution in [3.8, 4) is 5.75 Å². The van der Waals surface area contributed by atoms with Gasteiger partial charge in [0.05, 0.1) is 6.61 Å². The van der Waals surface area contributed by atoms with Gasteiger partial charge >= 0.3 is 5.97 Å². The lowest BCUT2D eigenvalue weighted by atomic mass is 9.78. The van der Waals surface area contributed by atoms with E-state index < -0.39 is 0 Å². The molecule has 1 aromatic rings. The molecule has 0 aliphatic rings. The van der Waals surface area contributed by atoms with E-state index in [4.69, 9.17) is 9.84 Å². The first-order valence-corrected chi connectivity index (χ1v) is 10.1. The molecule has 27 heavy (non-hydrogen) atoms. The van der Waals surface area contributed by atoms with Gasteiger partial charge < -0.3 is 14.9 Å². The SMILES string of the molecule is CC(C)(C)c1cc(CCC(=O)OCCCCCCO)cc(C(C)(C)C)c1O. The van der Waals surface area contributed by atoms with Gasteiger partial charge in [0.1, 0.15) is 5.75 Å². The summed E-state index contributed by atoms with van der Waals surface area (Å²) in [7, 11) is 0. The van der Waals surface area contributed by atoms with Crippen LogP contribution in [0.5, 0.6) is 5.75 Å². The first-order chi connectivity index (χ1) is 12.5. The number of hydrogen-bond acceptors (Lipinski definition) is 4. The molecule has 0 amide bonds. The van der Waals surface area contributed by atoms with E-state index in [9.17, 15) is 9.90 Å². The highest BCUT2D eigenvalue weighted by atomic mass is 16.5. The third-order valence-electron chi connectivity index (χ3n) is 4.72. The fourth-order valence-corrected chi connectivity index (χ4v) is 3.05. The fourth-order valence-electron chi connectivity index (χ4n) is 3.05. The second-order valence-corrected chi connectivity index (χ2v) is 9.40. The molecule has 1 rings (SSSR count). The number of hydrogen-bond donors (Lipinski definition) is 2. The van der Waals surface area contributed by atoms with Crippen LogP contribution in [0.15, 0.2) is 12.1 Å². The molecule has 4 heteroatoms. The Labute approximate surface area is 164 Å². The molecule has 0 spiro atoms. The summed E-state index contributed by atoms with van der Waals surface area (Å²) in [5.74, 6) is 0.184. The van der Waals surface area contributed by atoms with Crippen LogP contribution >= 0.6 is 0 Å². The number of phenolic OH excluding ortho intramolecular Hbond substituents is 1. The summed E-state index contributed by atoms with van der Waals surface area (Å²) in [4.78, 5) is 12.0. The molecule has 1 aromatic carbocycles. The number of unbranched alkanes of at least 4 members (excludes halogenated alkanes) is 3. The molecule has 0 unspecified atom stereocenters. The third-order valence-corrected chi connectivity index (χ3v) is 4.72. The second-order valence-electron chi connectivity index (χ2n) is 9.40. The van der Waals surface area contributed by atoms with Crippen molar-refractivity contribution in [2.75, 3.05) is 13.2 Å². The van der Waals surface area contributed by atoms with Gasteiger partial charge in [-0.15, -0.1) is 0 Å². The predicted octanol–water partition coefficient (Wildman–Crippen LogP) is 5.02. The number of benzene rings is 1. The molecule has 4 nitrogen and oxygen atoms in total. The van der Waals surface area contributed by atoms with E-state index in [0.717, 1.165) is 42.4 Å². The van der Waals surface area contributed by atoms with Crippen LogP contribution in [0.1, 0.15) is 90.3 Å². The standard InChI is InChI=1S/C23H38O4/c1-22(2,3)18-15-17(16-19(21(18)26)23(4,5)6)11-12-20(25)27-14-10-8-7-9-13-24/h15-16,24,26H,7-14H2,1-6H3. The van der Waals surface area contributed by atoms with Crippen molar-refractivity contribution >= 4 is 5.97 Å². The highest BCUT2D eigenvalue weighted by Crippen LogP contribution is 2.39. The number of aryl methyl sites for hydroxylation is 1. The van der Waals surface area contributed by atoms with E-state index in [1.54, 1.807) is 0 Å². The molecule has 0 aliphatic heterocycles. The lowest BCUT2D eigenvalue weighted by Crippen LogP contribution is -2.18. The summed E-state index contributed by atoms with van der Waals surface area (Å²) in [5, 5.41) is 19.5. The number of aromatic hydroxyl groups is 1. The zero-order valence-electron chi connectivity index (χ0n) is 18.0. The van der Waals surface area contributed by atoms with Gasteiger partial charge in [0.2, 0.25) is 0 Å². The minimum Gasteiger partial charge on any atom is -0.507 e. The molecule has 154 valence electrons. The summed E-state index contributed by atoms with van der Waals surface area (Å²) in [5.41, 5.74) is 2.55. The van der Waals surface area contributed by atoms with Crippen molar-refractivity contribution in [2.24, 2.45) is 0 Å². The van der Waals surface area contributed by atoms with Gasteiger partial charge in [0.15, 0.2) is 0 Å². The summed E-state index contributed by atoms with van der Waals surface area (Å²) >= 11 is 0. The van der Waals surface area contributed by atoms with Crippen LogP contribution in [-0.2, 0) is 26.8 Å². The third kappa shape index (κ3) is 7.92. The zero-order chi connectivity index (χ0) is 20.7. The molecule has 0 bridgehead atoms. The highest BCUT2D eigenvalue weighted by molar-refractivity contribution is 5.69. The van der Waals surface area contributed by atoms with Crippen molar-refractivity contribution in [3.63, 3.8) is 0 Å². The Morgan fingerprint density at radius 3 is 1.93 bits per heavy atom. The van der Waals surface area contributed by atoms with Crippen molar-refractivity contribution < 1.29 is 19.7 Å². The maximum atomic E-state index is 12.0. The van der Waals surface area contributed by atoms with E-state index in [-0.39, 0.29) is 23.4 Å². The lowest BCUT2D eigenvalue weighted by Gasteiger charge is -2.28. The van der Waals surface area contributed by atoms with E-state index in [0.29, 0.717) is 25.2 Å². The average Bonchev–Trinajstić information content (AvgIpc) is 2.54. The van der Waals surface area contributed by atoms with E-state index in [1.807, 2.05) is 12.1 Å². The molecule has 2 N–H and O–H groups in total. The Morgan fingerprint density at radius 1 is 0.926 bits per heavy atom. The number of esters is 1. The highest BCUT2D eigenvalue weighted by Gasteiger charge is 2.26. The Bertz CT molecular complexity index is 571. The van der Waals surface area contributed by atoms with Crippen LogP contribution in [0.3, 0.4) is 0 Å². The van der Waals surface area contributed by atoms with Crippen molar-refractivity contribution in [2.45, 2.75) is 90.9 Å². The predicted molar refractivity (Wildman–Crippen MR) is 110 cm³/mol. The monoisotopic (exact) mass is 378 g/mol. The Balaban J connectivity index is 2.73. The van der Waals surface area contributed by atoms with Crippen molar-refractivity contribution in [3.05, 3.63) is 28.8 Å². The van der Waals surface area contributed by atoms with Gasteiger partial charge in [-0.25, -0.2) is 0 Å². The maximum Gasteiger partial charge on any atom is 0.306 e. The van der Waals surface area contributed by atoms with Crippen LogP contribution in [0, 0.1) is 0 Å². The van der Waals surface area contributed by atoms with E-state index >= 15 is 0 Å². The summed E-state index contributed by atoms with van der Waals surface area (Å²) in [6.07, 6.45) is 4.53. The molecule has 0 saturated carbocycles. The number of carbonyl (C=O) groups is 1. The lowest BCUT2D eigenvalue weighted by molar-refractivity contribution is -0.143. The number of ether oxygens (including phenoxy) is 1. The minimum absolute atomic E-state index is 0.171. The first kappa shape index (κ1) is 23.5. The molecule has 0 fully saturated rings. The fraction of sp³-hybridized carbons (Fsp3) is 0.696. The maximum absolute atomic E-state index is 12.0. The van der Waals surface area contributed by atoms with Gasteiger partial charge in [0.25, 0.3) is 0 Å². The number of aliphatic hydroxyl groups excluding tert-OH is 1. The molecular formula is C23H38O4. The second kappa shape index (κ2) is 10.1. The van der Waals surface area contributed by atoms with Gasteiger partial charge in [-0.3, -0.25) is 4.79 Å². The Hall–Kier alpha value is -1.55. The number of carbonyl (C=O) groups excluding carboxylic acids is 1. The van der Waals surface area contributed by atoms with Crippen LogP contribution in [0.2, 0.25) is 0 Å². The molecule has 0 aliphatic carbocycles.